The van der Waals surface area contributed by atoms with Crippen LogP contribution in [0.15, 0.2) is 83.5 Å². The van der Waals surface area contributed by atoms with Crippen molar-refractivity contribution < 1.29 is 32.4 Å². The summed E-state index contributed by atoms with van der Waals surface area (Å²) in [7, 11) is 0. The Morgan fingerprint density at radius 3 is 2.33 bits per heavy atom. The topological polar surface area (TPSA) is 91.0 Å². The van der Waals surface area contributed by atoms with Gasteiger partial charge in [-0.25, -0.2) is 9.79 Å². The van der Waals surface area contributed by atoms with Crippen LogP contribution in [-0.4, -0.2) is 16.8 Å². The quantitative estimate of drug-likeness (QED) is 0.212. The lowest BCUT2D eigenvalue weighted by Gasteiger charge is -2.10. The molecule has 0 spiro atoms. The molecule has 0 aliphatic carbocycles. The highest BCUT2D eigenvalue weighted by Gasteiger charge is 2.33. The second-order valence-electron chi connectivity index (χ2n) is 6.81. The average molecular weight is 454 g/mol. The van der Waals surface area contributed by atoms with E-state index in [0.29, 0.717) is 23.3 Å². The Balaban J connectivity index is 1.54. The Morgan fingerprint density at radius 2 is 1.70 bits per heavy atom. The maximum atomic E-state index is 12.8. The lowest BCUT2D eigenvalue weighted by Crippen LogP contribution is -2.06. The lowest BCUT2D eigenvalue weighted by atomic mass is 10.1. The van der Waals surface area contributed by atoms with Crippen LogP contribution >= 0.6 is 0 Å². The minimum Gasteiger partial charge on any atom is -0.450 e. The molecule has 4 rings (SSSR count). The van der Waals surface area contributed by atoms with Gasteiger partial charge in [0, 0.05) is 11.6 Å². The highest BCUT2D eigenvalue weighted by atomic mass is 19.4. The fourth-order valence-electron chi connectivity index (χ4n) is 2.95. The number of hydrogen-bond donors (Lipinski definition) is 0. The van der Waals surface area contributed by atoms with E-state index in [1.54, 1.807) is 36.4 Å². The van der Waals surface area contributed by atoms with Crippen LogP contribution in [0.25, 0.3) is 6.08 Å². The minimum atomic E-state index is -4.72. The first-order valence-electron chi connectivity index (χ1n) is 9.42. The predicted octanol–water partition coefficient (Wildman–Crippen LogP) is 5.75. The summed E-state index contributed by atoms with van der Waals surface area (Å²) in [5, 5.41) is 11.2. The van der Waals surface area contributed by atoms with Gasteiger partial charge in [-0.05, 0) is 48.0 Å². The summed E-state index contributed by atoms with van der Waals surface area (Å²) >= 11 is 0. The van der Waals surface area contributed by atoms with Gasteiger partial charge in [0.25, 0.3) is 0 Å². The summed E-state index contributed by atoms with van der Waals surface area (Å²) in [6.45, 7) is 0. The summed E-state index contributed by atoms with van der Waals surface area (Å²) < 4.78 is 49.1. The van der Waals surface area contributed by atoms with E-state index in [2.05, 4.69) is 4.99 Å². The molecule has 0 aromatic heterocycles. The molecule has 1 heterocycles. The second kappa shape index (κ2) is 8.58. The Bertz CT molecular complexity index is 1280. The summed E-state index contributed by atoms with van der Waals surface area (Å²) in [4.78, 5) is 26.5. The number of rotatable bonds is 5. The maximum absolute atomic E-state index is 12.8. The van der Waals surface area contributed by atoms with Crippen LogP contribution in [0.3, 0.4) is 0 Å². The summed E-state index contributed by atoms with van der Waals surface area (Å²) in [6.07, 6.45) is -3.23. The van der Waals surface area contributed by atoms with Crippen molar-refractivity contribution in [3.05, 3.63) is 105 Å². The summed E-state index contributed by atoms with van der Waals surface area (Å²) in [6, 6.07) is 16.9. The average Bonchev–Trinajstić information content (AvgIpc) is 3.15. The largest absolute Gasteiger partial charge is 0.450 e. The van der Waals surface area contributed by atoms with Crippen LogP contribution in [0, 0.1) is 10.1 Å². The number of alkyl halides is 3. The number of hydrogen-bond acceptors (Lipinski definition) is 6. The molecule has 0 saturated carbocycles. The highest BCUT2D eigenvalue weighted by molar-refractivity contribution is 6.12. The first-order valence-corrected chi connectivity index (χ1v) is 9.42. The van der Waals surface area contributed by atoms with Gasteiger partial charge in [0.15, 0.2) is 5.70 Å². The minimum absolute atomic E-state index is 0.0842. The number of aliphatic imine (C=N–C) groups is 1. The zero-order chi connectivity index (χ0) is 23.6. The zero-order valence-electron chi connectivity index (χ0n) is 16.6. The molecule has 0 saturated heterocycles. The van der Waals surface area contributed by atoms with Crippen molar-refractivity contribution >= 4 is 23.6 Å². The van der Waals surface area contributed by atoms with Crippen LogP contribution in [0.2, 0.25) is 0 Å². The molecule has 1 aliphatic heterocycles. The molecule has 0 N–H and O–H groups in total. The standard InChI is InChI=1S/C23H13F3N2O5/c24-23(25,26)16-8-11-20(19(13-16)28(30)31)32-17-9-6-14(7-10-17)12-18-22(29)33-21(27-18)15-4-2-1-3-5-15/h1-13H/b18-12-. The molecule has 0 bridgehead atoms. The van der Waals surface area contributed by atoms with Gasteiger partial charge < -0.3 is 9.47 Å². The summed E-state index contributed by atoms with van der Waals surface area (Å²) in [5.74, 6) is -0.617. The fourth-order valence-corrected chi connectivity index (χ4v) is 2.95. The third-order valence-corrected chi connectivity index (χ3v) is 4.54. The Morgan fingerprint density at radius 1 is 1.00 bits per heavy atom. The van der Waals surface area contributed by atoms with Crippen LogP contribution < -0.4 is 4.74 Å². The molecule has 0 radical (unpaired) electrons. The number of ether oxygens (including phenoxy) is 2. The third kappa shape index (κ3) is 4.90. The van der Waals surface area contributed by atoms with Gasteiger partial charge in [-0.15, -0.1) is 0 Å². The predicted molar refractivity (Wildman–Crippen MR) is 112 cm³/mol. The molecule has 3 aromatic rings. The Kier molecular flexibility index (Phi) is 5.65. The number of nitro benzene ring substituents is 1. The van der Waals surface area contributed by atoms with Gasteiger partial charge in [0.05, 0.1) is 10.5 Å². The molecule has 166 valence electrons. The van der Waals surface area contributed by atoms with Gasteiger partial charge in [-0.3, -0.25) is 10.1 Å². The van der Waals surface area contributed by atoms with Gasteiger partial charge in [-0.1, -0.05) is 30.3 Å². The number of nitro groups is 1. The molecule has 33 heavy (non-hydrogen) atoms. The van der Waals surface area contributed by atoms with E-state index < -0.39 is 28.3 Å². The number of halogens is 3. The van der Waals surface area contributed by atoms with E-state index in [-0.39, 0.29) is 23.1 Å². The van der Waals surface area contributed by atoms with Crippen LogP contribution in [0.1, 0.15) is 16.7 Å². The maximum Gasteiger partial charge on any atom is 0.416 e. The van der Waals surface area contributed by atoms with Gasteiger partial charge >= 0.3 is 17.8 Å². The first-order chi connectivity index (χ1) is 15.7. The van der Waals surface area contributed by atoms with Gasteiger partial charge in [-0.2, -0.15) is 13.2 Å². The van der Waals surface area contributed by atoms with E-state index in [1.807, 2.05) is 6.07 Å². The monoisotopic (exact) mass is 454 g/mol. The number of cyclic esters (lactones) is 1. The van der Waals surface area contributed by atoms with Crippen molar-refractivity contribution in [2.75, 3.05) is 0 Å². The third-order valence-electron chi connectivity index (χ3n) is 4.54. The van der Waals surface area contributed by atoms with Crippen molar-refractivity contribution in [1.29, 1.82) is 0 Å². The van der Waals surface area contributed by atoms with Gasteiger partial charge in [0.2, 0.25) is 11.6 Å². The van der Waals surface area contributed by atoms with Crippen LogP contribution in [0.4, 0.5) is 18.9 Å². The molecular weight excluding hydrogens is 441 g/mol. The molecule has 0 unspecified atom stereocenters. The SMILES string of the molecule is O=C1OC(c2ccccc2)=N/C1=C\c1ccc(Oc2ccc(C(F)(F)F)cc2[N+](=O)[O-])cc1. The summed E-state index contributed by atoms with van der Waals surface area (Å²) in [5.41, 5.74) is -0.666. The molecule has 0 amide bonds. The molecule has 1 aliphatic rings. The smallest absolute Gasteiger partial charge is 0.416 e. The van der Waals surface area contributed by atoms with Crippen molar-refractivity contribution in [3.63, 3.8) is 0 Å². The number of esters is 1. The molecule has 0 atom stereocenters. The zero-order valence-corrected chi connectivity index (χ0v) is 16.6. The number of carbonyl (C=O) groups excluding carboxylic acids is 1. The molecule has 7 nitrogen and oxygen atoms in total. The van der Waals surface area contributed by atoms with Crippen molar-refractivity contribution in [2.24, 2.45) is 4.99 Å². The van der Waals surface area contributed by atoms with E-state index >= 15 is 0 Å². The van der Waals surface area contributed by atoms with Crippen LogP contribution in [0.5, 0.6) is 11.5 Å². The van der Waals surface area contributed by atoms with Crippen molar-refractivity contribution in [3.8, 4) is 11.5 Å². The van der Waals surface area contributed by atoms with Crippen LogP contribution in [-0.2, 0) is 15.7 Å². The van der Waals surface area contributed by atoms with Gasteiger partial charge in [0.1, 0.15) is 5.75 Å². The van der Waals surface area contributed by atoms with E-state index in [9.17, 15) is 28.1 Å². The first kappa shape index (κ1) is 21.8. The van der Waals surface area contributed by atoms with E-state index in [4.69, 9.17) is 9.47 Å². The second-order valence-corrected chi connectivity index (χ2v) is 6.81. The number of nitrogens with zero attached hydrogens (tertiary/aromatic N) is 2. The molecule has 3 aromatic carbocycles. The fraction of sp³-hybridized carbons (Fsp3) is 0.0435. The lowest BCUT2D eigenvalue weighted by molar-refractivity contribution is -0.385. The van der Waals surface area contributed by atoms with Crippen molar-refractivity contribution in [1.82, 2.24) is 0 Å². The van der Waals surface area contributed by atoms with E-state index in [0.717, 1.165) is 6.07 Å². The van der Waals surface area contributed by atoms with E-state index in [1.165, 1.54) is 18.2 Å². The number of benzene rings is 3. The Hall–Kier alpha value is -4.47. The molecular formula is C23H13F3N2O5. The number of carbonyl (C=O) groups is 1. The van der Waals surface area contributed by atoms with Crippen molar-refractivity contribution in [2.45, 2.75) is 6.18 Å². The normalized spacial score (nSPS) is 14.7. The highest BCUT2D eigenvalue weighted by Crippen LogP contribution is 2.37. The molecule has 0 fully saturated rings. The molecule has 10 heteroatoms. The Labute approximate surface area is 184 Å².